The minimum absolute atomic E-state index is 0.103. The van der Waals surface area contributed by atoms with Gasteiger partial charge in [-0.15, -0.1) is 0 Å². The number of nitrogens with one attached hydrogen (secondary N) is 1. The molecule has 11 heteroatoms. The van der Waals surface area contributed by atoms with Crippen LogP contribution in [0.2, 0.25) is 5.02 Å². The van der Waals surface area contributed by atoms with Crippen molar-refractivity contribution in [2.24, 2.45) is 0 Å². The molecule has 35 heavy (non-hydrogen) atoms. The fourth-order valence-electron chi connectivity index (χ4n) is 4.39. The Kier molecular flexibility index (Phi) is 7.42. The van der Waals surface area contributed by atoms with E-state index in [0.717, 1.165) is 54.0 Å². The third-order valence-electron chi connectivity index (χ3n) is 6.79. The predicted octanol–water partition coefficient (Wildman–Crippen LogP) is 1.48. The largest absolute Gasteiger partial charge is 0.388 e. The van der Waals surface area contributed by atoms with Crippen LogP contribution in [0, 0.1) is 0 Å². The van der Waals surface area contributed by atoms with Crippen LogP contribution >= 0.6 is 11.6 Å². The smallest absolute Gasteiger partial charge is 0.352 e. The zero-order valence-electron chi connectivity index (χ0n) is 19.7. The Balaban J connectivity index is 1.56. The summed E-state index contributed by atoms with van der Waals surface area (Å²) in [6.07, 6.45) is 7.97. The summed E-state index contributed by atoms with van der Waals surface area (Å²) >= 11 is 6.26. The van der Waals surface area contributed by atoms with Gasteiger partial charge in [-0.2, -0.15) is 9.78 Å². The number of nitrogens with zero attached hydrogens (tertiary/aromatic N) is 4. The summed E-state index contributed by atoms with van der Waals surface area (Å²) in [5.74, 6) is -0.825. The summed E-state index contributed by atoms with van der Waals surface area (Å²) in [4.78, 5) is 52.3. The third-order valence-corrected chi connectivity index (χ3v) is 7.12. The summed E-state index contributed by atoms with van der Waals surface area (Å²) in [6.45, 7) is -0.293. The monoisotopic (exact) mass is 503 g/mol. The number of carbonyl (C=O) groups is 2. The SMILES string of the molecule is CN(C(=O)Cn1c(=O)cnn(-c2ccc(Cl)c(C(=O)NCC3(O)CCCCCC3)c2)c1=O)C1CC1. The van der Waals surface area contributed by atoms with Gasteiger partial charge in [0, 0.05) is 19.6 Å². The zero-order valence-corrected chi connectivity index (χ0v) is 20.5. The van der Waals surface area contributed by atoms with Gasteiger partial charge in [-0.25, -0.2) is 9.36 Å². The minimum atomic E-state index is -0.954. The molecule has 1 heterocycles. The van der Waals surface area contributed by atoms with Crippen molar-refractivity contribution in [3.8, 4) is 5.69 Å². The van der Waals surface area contributed by atoms with E-state index in [9.17, 15) is 24.3 Å². The molecule has 0 atom stereocenters. The Labute approximate surface area is 207 Å². The summed E-state index contributed by atoms with van der Waals surface area (Å²) in [5, 5.41) is 17.7. The second kappa shape index (κ2) is 10.3. The molecular weight excluding hydrogens is 474 g/mol. The fraction of sp³-hybridized carbons (Fsp3) is 0.542. The number of hydrogen-bond acceptors (Lipinski definition) is 6. The molecule has 1 aromatic heterocycles. The first kappa shape index (κ1) is 25.1. The van der Waals surface area contributed by atoms with Crippen molar-refractivity contribution in [2.75, 3.05) is 13.6 Å². The number of aromatic nitrogens is 3. The molecule has 10 nitrogen and oxygen atoms in total. The molecule has 0 bridgehead atoms. The molecule has 2 aliphatic rings. The van der Waals surface area contributed by atoms with E-state index in [2.05, 4.69) is 10.4 Å². The Morgan fingerprint density at radius 3 is 2.54 bits per heavy atom. The second-order valence-corrected chi connectivity index (χ2v) is 9.89. The summed E-state index contributed by atoms with van der Waals surface area (Å²) in [7, 11) is 1.65. The molecule has 1 aromatic carbocycles. The Morgan fingerprint density at radius 1 is 1.20 bits per heavy atom. The molecule has 2 amide bonds. The highest BCUT2D eigenvalue weighted by molar-refractivity contribution is 6.33. The van der Waals surface area contributed by atoms with Gasteiger partial charge < -0.3 is 15.3 Å². The van der Waals surface area contributed by atoms with E-state index in [1.807, 2.05) is 0 Å². The van der Waals surface area contributed by atoms with Crippen LogP contribution in [0.5, 0.6) is 0 Å². The standard InChI is InChI=1S/C24H30ClN5O5/c1-28(16-6-7-16)21(32)14-29-20(31)13-27-30(23(29)34)17-8-9-19(25)18(12-17)22(33)26-15-24(35)10-4-2-3-5-11-24/h8-9,12-13,16,35H,2-7,10-11,14-15H2,1H3,(H,26,33). The van der Waals surface area contributed by atoms with Crippen LogP contribution in [0.1, 0.15) is 61.7 Å². The van der Waals surface area contributed by atoms with E-state index in [0.29, 0.717) is 12.8 Å². The molecule has 0 radical (unpaired) electrons. The molecule has 2 saturated carbocycles. The first-order valence-electron chi connectivity index (χ1n) is 11.9. The van der Waals surface area contributed by atoms with Crippen LogP contribution in [-0.4, -0.2) is 61.4 Å². The van der Waals surface area contributed by atoms with Gasteiger partial charge >= 0.3 is 5.69 Å². The van der Waals surface area contributed by atoms with Gasteiger partial charge in [0.15, 0.2) is 0 Å². The van der Waals surface area contributed by atoms with Crippen molar-refractivity contribution in [3.05, 3.63) is 55.8 Å². The molecular formula is C24H30ClN5O5. The summed E-state index contributed by atoms with van der Waals surface area (Å²) < 4.78 is 1.78. The normalized spacial score (nSPS) is 17.5. The van der Waals surface area contributed by atoms with Crippen LogP contribution in [-0.2, 0) is 11.3 Å². The lowest BCUT2D eigenvalue weighted by molar-refractivity contribution is -0.131. The van der Waals surface area contributed by atoms with Crippen molar-refractivity contribution in [1.82, 2.24) is 24.6 Å². The van der Waals surface area contributed by atoms with E-state index in [-0.39, 0.29) is 34.8 Å². The molecule has 0 unspecified atom stereocenters. The van der Waals surface area contributed by atoms with Crippen LogP contribution in [0.4, 0.5) is 0 Å². The van der Waals surface area contributed by atoms with Crippen LogP contribution in [0.25, 0.3) is 5.69 Å². The quantitative estimate of drug-likeness (QED) is 0.551. The number of amides is 2. The Morgan fingerprint density at radius 2 is 1.89 bits per heavy atom. The van der Waals surface area contributed by atoms with Crippen molar-refractivity contribution in [2.45, 2.75) is 69.6 Å². The van der Waals surface area contributed by atoms with Gasteiger partial charge in [0.1, 0.15) is 12.7 Å². The number of aliphatic hydroxyl groups is 1. The maximum atomic E-state index is 13.0. The molecule has 2 aromatic rings. The molecule has 0 spiro atoms. The summed E-state index contributed by atoms with van der Waals surface area (Å²) in [5.41, 5.74) is -2.11. The second-order valence-electron chi connectivity index (χ2n) is 9.48. The van der Waals surface area contributed by atoms with Gasteiger partial charge in [-0.3, -0.25) is 14.4 Å². The average Bonchev–Trinajstić information content (AvgIpc) is 3.69. The van der Waals surface area contributed by atoms with Crippen LogP contribution in [0.3, 0.4) is 0 Å². The number of likely N-dealkylation sites (N-methyl/N-ethyl adjacent to an activating group) is 1. The van der Waals surface area contributed by atoms with Gasteiger partial charge in [-0.05, 0) is 43.9 Å². The fourth-order valence-corrected chi connectivity index (χ4v) is 4.60. The first-order valence-corrected chi connectivity index (χ1v) is 12.3. The van der Waals surface area contributed by atoms with E-state index < -0.39 is 29.3 Å². The van der Waals surface area contributed by atoms with E-state index in [4.69, 9.17) is 11.6 Å². The third kappa shape index (κ3) is 5.82. The lowest BCUT2D eigenvalue weighted by Crippen LogP contribution is -2.44. The number of carbonyl (C=O) groups excluding carboxylic acids is 2. The Bertz CT molecular complexity index is 1230. The lowest BCUT2D eigenvalue weighted by Gasteiger charge is -2.26. The Hall–Kier alpha value is -2.98. The minimum Gasteiger partial charge on any atom is -0.388 e. The molecule has 0 saturated heterocycles. The number of halogens is 1. The predicted molar refractivity (Wildman–Crippen MR) is 130 cm³/mol. The summed E-state index contributed by atoms with van der Waals surface area (Å²) in [6, 6.07) is 4.51. The van der Waals surface area contributed by atoms with Crippen molar-refractivity contribution < 1.29 is 14.7 Å². The zero-order chi connectivity index (χ0) is 25.2. The van der Waals surface area contributed by atoms with E-state index in [1.54, 1.807) is 11.9 Å². The van der Waals surface area contributed by atoms with Gasteiger partial charge in [0.25, 0.3) is 11.5 Å². The highest BCUT2D eigenvalue weighted by Gasteiger charge is 2.30. The van der Waals surface area contributed by atoms with Crippen molar-refractivity contribution in [1.29, 1.82) is 0 Å². The number of benzene rings is 1. The maximum Gasteiger partial charge on any atom is 0.352 e. The van der Waals surface area contributed by atoms with Crippen molar-refractivity contribution >= 4 is 23.4 Å². The number of hydrogen-bond donors (Lipinski definition) is 2. The molecule has 2 N–H and O–H groups in total. The first-order chi connectivity index (χ1) is 16.7. The highest BCUT2D eigenvalue weighted by Crippen LogP contribution is 2.27. The topological polar surface area (TPSA) is 127 Å². The lowest BCUT2D eigenvalue weighted by atomic mass is 9.94. The van der Waals surface area contributed by atoms with Gasteiger partial charge in [-0.1, -0.05) is 37.3 Å². The number of rotatable bonds is 7. The van der Waals surface area contributed by atoms with E-state index >= 15 is 0 Å². The molecule has 2 aliphatic carbocycles. The molecule has 188 valence electrons. The van der Waals surface area contributed by atoms with Gasteiger partial charge in [0.2, 0.25) is 5.91 Å². The average molecular weight is 504 g/mol. The van der Waals surface area contributed by atoms with Crippen molar-refractivity contribution in [3.63, 3.8) is 0 Å². The molecule has 4 rings (SSSR count). The van der Waals surface area contributed by atoms with E-state index in [1.165, 1.54) is 18.2 Å². The van der Waals surface area contributed by atoms with Gasteiger partial charge in [0.05, 0.1) is 21.9 Å². The van der Waals surface area contributed by atoms with Crippen LogP contribution in [0.15, 0.2) is 34.0 Å². The molecule has 2 fully saturated rings. The maximum absolute atomic E-state index is 13.0. The van der Waals surface area contributed by atoms with Crippen LogP contribution < -0.4 is 16.6 Å². The highest BCUT2D eigenvalue weighted by atomic mass is 35.5. The molecule has 0 aliphatic heterocycles.